The highest BCUT2D eigenvalue weighted by Crippen LogP contribution is 2.31. The Morgan fingerprint density at radius 1 is 1.05 bits per heavy atom. The predicted octanol–water partition coefficient (Wildman–Crippen LogP) is 3.01. The van der Waals surface area contributed by atoms with Crippen molar-refractivity contribution < 1.29 is 0 Å². The van der Waals surface area contributed by atoms with Crippen molar-refractivity contribution in [2.24, 2.45) is 17.7 Å². The molecule has 5 heteroatoms. The molecule has 1 aliphatic rings. The van der Waals surface area contributed by atoms with Crippen LogP contribution in [0.3, 0.4) is 0 Å². The zero-order chi connectivity index (χ0) is 14.5. The van der Waals surface area contributed by atoms with Gasteiger partial charge in [0, 0.05) is 12.1 Å². The van der Waals surface area contributed by atoms with Gasteiger partial charge in [-0.25, -0.2) is 15.8 Å². The molecule has 0 spiro atoms. The Morgan fingerprint density at radius 3 is 2.25 bits per heavy atom. The van der Waals surface area contributed by atoms with Gasteiger partial charge in [-0.05, 0) is 38.5 Å². The van der Waals surface area contributed by atoms with Gasteiger partial charge in [0.05, 0.1) is 0 Å². The fourth-order valence-electron chi connectivity index (χ4n) is 3.03. The maximum atomic E-state index is 5.49. The summed E-state index contributed by atoms with van der Waals surface area (Å²) in [6.07, 6.45) is 6.74. The quantitative estimate of drug-likeness (QED) is 0.570. The maximum Gasteiger partial charge on any atom is 0.148 e. The van der Waals surface area contributed by atoms with Crippen LogP contribution in [0.1, 0.15) is 50.4 Å². The Labute approximate surface area is 121 Å². The second-order valence-corrected chi connectivity index (χ2v) is 5.91. The molecule has 112 valence electrons. The summed E-state index contributed by atoms with van der Waals surface area (Å²) < 4.78 is 0. The van der Waals surface area contributed by atoms with Crippen LogP contribution < -0.4 is 16.6 Å². The van der Waals surface area contributed by atoms with Gasteiger partial charge in [-0.15, -0.1) is 0 Å². The maximum absolute atomic E-state index is 5.49. The van der Waals surface area contributed by atoms with Crippen molar-refractivity contribution >= 4 is 11.6 Å². The van der Waals surface area contributed by atoms with Crippen LogP contribution in [0.15, 0.2) is 0 Å². The molecule has 0 aromatic carbocycles. The highest BCUT2D eigenvalue weighted by Gasteiger charge is 2.20. The summed E-state index contributed by atoms with van der Waals surface area (Å²) >= 11 is 0. The fourth-order valence-corrected chi connectivity index (χ4v) is 3.03. The van der Waals surface area contributed by atoms with Gasteiger partial charge in [-0.3, -0.25) is 0 Å². The molecule has 0 aliphatic heterocycles. The number of anilines is 2. The summed E-state index contributed by atoms with van der Waals surface area (Å²) in [7, 11) is 0. The zero-order valence-electron chi connectivity index (χ0n) is 12.9. The highest BCUT2D eigenvalue weighted by molar-refractivity contribution is 5.56. The van der Waals surface area contributed by atoms with Gasteiger partial charge in [0.25, 0.3) is 0 Å². The molecule has 1 fully saturated rings. The van der Waals surface area contributed by atoms with E-state index in [-0.39, 0.29) is 0 Å². The Balaban J connectivity index is 1.93. The molecule has 2 rings (SSSR count). The lowest BCUT2D eigenvalue weighted by Gasteiger charge is -2.28. The van der Waals surface area contributed by atoms with E-state index in [2.05, 4.69) is 27.6 Å². The minimum Gasteiger partial charge on any atom is -0.369 e. The van der Waals surface area contributed by atoms with Gasteiger partial charge in [0.2, 0.25) is 0 Å². The average molecular weight is 277 g/mol. The molecule has 0 saturated heterocycles. The lowest BCUT2D eigenvalue weighted by Crippen LogP contribution is -2.22. The molecular formula is C15H27N5. The number of rotatable bonds is 5. The van der Waals surface area contributed by atoms with E-state index >= 15 is 0 Å². The van der Waals surface area contributed by atoms with Crippen molar-refractivity contribution in [2.45, 2.75) is 52.9 Å². The summed E-state index contributed by atoms with van der Waals surface area (Å²) in [5.41, 5.74) is 3.62. The molecule has 0 radical (unpaired) electrons. The molecule has 20 heavy (non-hydrogen) atoms. The van der Waals surface area contributed by atoms with Crippen molar-refractivity contribution in [1.29, 1.82) is 0 Å². The van der Waals surface area contributed by atoms with Crippen molar-refractivity contribution in [3.8, 4) is 0 Å². The third kappa shape index (κ3) is 3.60. The van der Waals surface area contributed by atoms with Gasteiger partial charge in [0.1, 0.15) is 17.5 Å². The topological polar surface area (TPSA) is 75.9 Å². The number of nitrogens with one attached hydrogen (secondary N) is 2. The van der Waals surface area contributed by atoms with Crippen LogP contribution in [0.25, 0.3) is 0 Å². The smallest absolute Gasteiger partial charge is 0.148 e. The Kier molecular flexibility index (Phi) is 5.17. The number of nitrogens with two attached hydrogens (primary N) is 1. The number of hydrogen-bond acceptors (Lipinski definition) is 5. The van der Waals surface area contributed by atoms with E-state index in [0.717, 1.165) is 35.6 Å². The second kappa shape index (κ2) is 6.88. The van der Waals surface area contributed by atoms with E-state index < -0.39 is 0 Å². The van der Waals surface area contributed by atoms with E-state index in [1.54, 1.807) is 0 Å². The summed E-state index contributed by atoms with van der Waals surface area (Å²) in [6, 6.07) is 0. The second-order valence-electron chi connectivity index (χ2n) is 5.91. The Bertz CT molecular complexity index is 438. The van der Waals surface area contributed by atoms with Crippen molar-refractivity contribution in [1.82, 2.24) is 9.97 Å². The standard InChI is InChI=1S/C15H27N5/c1-4-12-5-7-13(8-6-12)9-17-14-10(2)15(20-16)19-11(3)18-14/h12-13H,4-9,16H2,1-3H3,(H2,17,18,19,20). The molecule has 1 aromatic heterocycles. The molecule has 0 unspecified atom stereocenters. The molecule has 1 aromatic rings. The minimum atomic E-state index is 0.703. The first-order valence-corrected chi connectivity index (χ1v) is 7.69. The van der Waals surface area contributed by atoms with E-state index in [9.17, 15) is 0 Å². The van der Waals surface area contributed by atoms with Crippen molar-refractivity contribution in [3.63, 3.8) is 0 Å². The average Bonchev–Trinajstić information content (AvgIpc) is 2.48. The van der Waals surface area contributed by atoms with Gasteiger partial charge in [0.15, 0.2) is 0 Å². The number of aryl methyl sites for hydroxylation is 1. The molecule has 1 heterocycles. The number of hydrazine groups is 1. The van der Waals surface area contributed by atoms with Crippen LogP contribution in [0, 0.1) is 25.7 Å². The van der Waals surface area contributed by atoms with Crippen LogP contribution in [0.4, 0.5) is 11.6 Å². The van der Waals surface area contributed by atoms with Crippen LogP contribution in [-0.4, -0.2) is 16.5 Å². The Hall–Kier alpha value is -1.36. The molecule has 1 saturated carbocycles. The predicted molar refractivity (Wildman–Crippen MR) is 83.5 cm³/mol. The van der Waals surface area contributed by atoms with Crippen LogP contribution in [0.5, 0.6) is 0 Å². The third-order valence-corrected chi connectivity index (χ3v) is 4.50. The van der Waals surface area contributed by atoms with Gasteiger partial charge >= 0.3 is 0 Å². The van der Waals surface area contributed by atoms with E-state index in [4.69, 9.17) is 5.84 Å². The zero-order valence-corrected chi connectivity index (χ0v) is 12.9. The highest BCUT2D eigenvalue weighted by atomic mass is 15.3. The molecule has 0 atom stereocenters. The van der Waals surface area contributed by atoms with Crippen molar-refractivity contribution in [3.05, 3.63) is 11.4 Å². The number of aromatic nitrogens is 2. The number of hydrogen-bond donors (Lipinski definition) is 3. The molecule has 4 N–H and O–H groups in total. The summed E-state index contributed by atoms with van der Waals surface area (Å²) in [6.45, 7) is 7.18. The molecule has 1 aliphatic carbocycles. The first kappa shape index (κ1) is 15.0. The van der Waals surface area contributed by atoms with Crippen LogP contribution >= 0.6 is 0 Å². The summed E-state index contributed by atoms with van der Waals surface area (Å²) in [4.78, 5) is 8.76. The molecule has 0 amide bonds. The first-order chi connectivity index (χ1) is 9.63. The fraction of sp³-hybridized carbons (Fsp3) is 0.733. The molecular weight excluding hydrogens is 250 g/mol. The molecule has 0 bridgehead atoms. The lowest BCUT2D eigenvalue weighted by atomic mass is 9.81. The van der Waals surface area contributed by atoms with E-state index in [1.807, 2.05) is 13.8 Å². The van der Waals surface area contributed by atoms with Crippen molar-refractivity contribution in [2.75, 3.05) is 17.3 Å². The minimum absolute atomic E-state index is 0.703. The summed E-state index contributed by atoms with van der Waals surface area (Å²) in [5.74, 6) is 9.55. The van der Waals surface area contributed by atoms with E-state index in [0.29, 0.717) is 5.82 Å². The normalized spacial score (nSPS) is 22.6. The largest absolute Gasteiger partial charge is 0.369 e. The Morgan fingerprint density at radius 2 is 1.65 bits per heavy atom. The van der Waals surface area contributed by atoms with Gasteiger partial charge in [-0.1, -0.05) is 26.2 Å². The van der Waals surface area contributed by atoms with Crippen LogP contribution in [-0.2, 0) is 0 Å². The van der Waals surface area contributed by atoms with E-state index in [1.165, 1.54) is 32.1 Å². The third-order valence-electron chi connectivity index (χ3n) is 4.50. The van der Waals surface area contributed by atoms with Gasteiger partial charge in [-0.2, -0.15) is 0 Å². The SMILES string of the molecule is CCC1CCC(CNc2nc(C)nc(NN)c2C)CC1. The molecule has 5 nitrogen and oxygen atoms in total. The lowest BCUT2D eigenvalue weighted by molar-refractivity contribution is 0.278. The van der Waals surface area contributed by atoms with Crippen LogP contribution in [0.2, 0.25) is 0 Å². The number of nitrogen functional groups attached to an aromatic ring is 1. The van der Waals surface area contributed by atoms with Gasteiger partial charge < -0.3 is 10.7 Å². The monoisotopic (exact) mass is 277 g/mol. The summed E-state index contributed by atoms with van der Waals surface area (Å²) in [5, 5.41) is 3.48. The first-order valence-electron chi connectivity index (χ1n) is 7.69. The number of nitrogens with zero attached hydrogens (tertiary/aromatic N) is 2.